The number of carbonyl (C=O) groups excluding carboxylic acids is 1. The van der Waals surface area contributed by atoms with E-state index in [2.05, 4.69) is 9.97 Å². The van der Waals surface area contributed by atoms with Gasteiger partial charge in [-0.2, -0.15) is 4.31 Å². The molecule has 3 heterocycles. The predicted molar refractivity (Wildman–Crippen MR) is 106 cm³/mol. The van der Waals surface area contributed by atoms with E-state index in [4.69, 9.17) is 4.74 Å². The molecule has 0 aliphatic carbocycles. The number of hydrogen-bond donors (Lipinski definition) is 0. The molecule has 2 aliphatic rings. The van der Waals surface area contributed by atoms with Gasteiger partial charge < -0.3 is 9.64 Å². The minimum absolute atomic E-state index is 0.0157. The first kappa shape index (κ1) is 19.8. The van der Waals surface area contributed by atoms with Crippen molar-refractivity contribution >= 4 is 15.9 Å². The second kappa shape index (κ2) is 8.46. The Bertz CT molecular complexity index is 936. The van der Waals surface area contributed by atoms with Gasteiger partial charge in [-0.15, -0.1) is 0 Å². The van der Waals surface area contributed by atoms with Crippen LogP contribution in [0, 0.1) is 0 Å². The molecule has 9 heteroatoms. The first-order chi connectivity index (χ1) is 14.0. The van der Waals surface area contributed by atoms with Crippen LogP contribution in [0.5, 0.6) is 5.88 Å². The topological polar surface area (TPSA) is 92.7 Å². The Kier molecular flexibility index (Phi) is 5.77. The lowest BCUT2D eigenvalue weighted by atomic mass is 10.1. The molecule has 2 aromatic rings. The molecule has 0 saturated carbocycles. The molecule has 4 rings (SSSR count). The van der Waals surface area contributed by atoms with E-state index in [0.717, 1.165) is 25.7 Å². The molecule has 0 atom stereocenters. The zero-order valence-corrected chi connectivity index (χ0v) is 16.9. The first-order valence-corrected chi connectivity index (χ1v) is 11.3. The quantitative estimate of drug-likeness (QED) is 0.740. The Morgan fingerprint density at radius 3 is 2.31 bits per heavy atom. The Morgan fingerprint density at radius 2 is 1.69 bits per heavy atom. The van der Waals surface area contributed by atoms with Crippen LogP contribution in [-0.2, 0) is 10.0 Å². The monoisotopic (exact) mass is 416 g/mol. The van der Waals surface area contributed by atoms with E-state index in [0.29, 0.717) is 37.6 Å². The van der Waals surface area contributed by atoms with Gasteiger partial charge in [0.05, 0.1) is 4.90 Å². The van der Waals surface area contributed by atoms with Gasteiger partial charge in [-0.1, -0.05) is 0 Å². The fraction of sp³-hybridized carbons (Fsp3) is 0.450. The van der Waals surface area contributed by atoms with Crippen LogP contribution >= 0.6 is 0 Å². The van der Waals surface area contributed by atoms with Crippen LogP contribution in [0.3, 0.4) is 0 Å². The highest BCUT2D eigenvalue weighted by Crippen LogP contribution is 2.22. The van der Waals surface area contributed by atoms with E-state index in [1.807, 2.05) is 0 Å². The van der Waals surface area contributed by atoms with Crippen LogP contribution in [0.2, 0.25) is 0 Å². The van der Waals surface area contributed by atoms with Crippen molar-refractivity contribution in [3.8, 4) is 5.88 Å². The van der Waals surface area contributed by atoms with E-state index in [-0.39, 0.29) is 16.9 Å². The fourth-order valence-electron chi connectivity index (χ4n) is 3.73. The van der Waals surface area contributed by atoms with Gasteiger partial charge in [0.1, 0.15) is 12.4 Å². The number of piperidine rings is 1. The van der Waals surface area contributed by atoms with Crippen molar-refractivity contribution in [3.63, 3.8) is 0 Å². The van der Waals surface area contributed by atoms with E-state index in [9.17, 15) is 13.2 Å². The summed E-state index contributed by atoms with van der Waals surface area (Å²) in [7, 11) is -3.46. The van der Waals surface area contributed by atoms with Gasteiger partial charge in [0.15, 0.2) is 0 Å². The van der Waals surface area contributed by atoms with Gasteiger partial charge in [0.25, 0.3) is 5.91 Å². The highest BCUT2D eigenvalue weighted by Gasteiger charge is 2.28. The molecule has 0 spiro atoms. The number of ether oxygens (including phenoxy) is 1. The van der Waals surface area contributed by atoms with Crippen molar-refractivity contribution in [2.24, 2.45) is 0 Å². The summed E-state index contributed by atoms with van der Waals surface area (Å²) in [5.41, 5.74) is 0.501. The molecule has 2 aliphatic heterocycles. The molecular weight excluding hydrogens is 392 g/mol. The molecule has 0 radical (unpaired) electrons. The summed E-state index contributed by atoms with van der Waals surface area (Å²) in [6.45, 7) is 2.30. The number of amides is 1. The summed E-state index contributed by atoms with van der Waals surface area (Å²) in [5.74, 6) is 0.454. The van der Waals surface area contributed by atoms with Crippen LogP contribution in [-0.4, -0.2) is 65.8 Å². The van der Waals surface area contributed by atoms with Gasteiger partial charge >= 0.3 is 0 Å². The maximum absolute atomic E-state index is 12.8. The van der Waals surface area contributed by atoms with Crippen molar-refractivity contribution in [1.82, 2.24) is 19.2 Å². The van der Waals surface area contributed by atoms with Crippen LogP contribution in [0.25, 0.3) is 0 Å². The summed E-state index contributed by atoms with van der Waals surface area (Å²) in [6.07, 6.45) is 6.33. The minimum Gasteiger partial charge on any atom is -0.474 e. The van der Waals surface area contributed by atoms with Gasteiger partial charge in [-0.05, 0) is 37.1 Å². The maximum atomic E-state index is 12.8. The van der Waals surface area contributed by atoms with Gasteiger partial charge in [0.2, 0.25) is 15.9 Å². The van der Waals surface area contributed by atoms with E-state index < -0.39 is 10.0 Å². The average Bonchev–Trinajstić information content (AvgIpc) is 3.31. The summed E-state index contributed by atoms with van der Waals surface area (Å²) in [4.78, 5) is 22.7. The molecule has 154 valence electrons. The molecule has 1 aromatic heterocycles. The number of sulfonamides is 1. The van der Waals surface area contributed by atoms with E-state index in [1.165, 1.54) is 22.8 Å². The van der Waals surface area contributed by atoms with Crippen molar-refractivity contribution in [1.29, 1.82) is 0 Å². The Morgan fingerprint density at radius 1 is 1.00 bits per heavy atom. The fourth-order valence-corrected chi connectivity index (χ4v) is 5.24. The molecule has 2 fully saturated rings. The van der Waals surface area contributed by atoms with Crippen LogP contribution in [0.15, 0.2) is 47.8 Å². The summed E-state index contributed by atoms with van der Waals surface area (Å²) in [6, 6.07) is 8.00. The SMILES string of the molecule is O=C(c1ccc(S(=O)(=O)N2CCCC2)cc1)N1CCC(Oc2ccncn2)CC1. The number of nitrogens with zero attached hydrogens (tertiary/aromatic N) is 4. The second-order valence-corrected chi connectivity index (χ2v) is 9.23. The third-order valence-electron chi connectivity index (χ3n) is 5.38. The second-order valence-electron chi connectivity index (χ2n) is 7.29. The normalized spacial score (nSPS) is 18.7. The number of carbonyl (C=O) groups is 1. The number of rotatable bonds is 5. The number of likely N-dealkylation sites (tertiary alicyclic amines) is 1. The summed E-state index contributed by atoms with van der Waals surface area (Å²) < 4.78 is 32.6. The molecule has 0 unspecified atom stereocenters. The lowest BCUT2D eigenvalue weighted by Gasteiger charge is -2.32. The Labute approximate surface area is 170 Å². The van der Waals surface area contributed by atoms with Crippen LogP contribution in [0.4, 0.5) is 0 Å². The standard InChI is InChI=1S/C20H24N4O4S/c25-20(23-13-8-17(9-14-23)28-19-7-10-21-15-22-19)16-3-5-18(6-4-16)29(26,27)24-11-1-2-12-24/h3-7,10,15,17H,1-2,8-9,11-14H2. The summed E-state index contributed by atoms with van der Waals surface area (Å²) >= 11 is 0. The number of benzene rings is 1. The average molecular weight is 417 g/mol. The molecule has 0 bridgehead atoms. The third-order valence-corrected chi connectivity index (χ3v) is 7.29. The lowest BCUT2D eigenvalue weighted by Crippen LogP contribution is -2.41. The minimum atomic E-state index is -3.46. The molecule has 1 aromatic carbocycles. The number of hydrogen-bond acceptors (Lipinski definition) is 6. The highest BCUT2D eigenvalue weighted by atomic mass is 32.2. The smallest absolute Gasteiger partial charge is 0.253 e. The molecule has 29 heavy (non-hydrogen) atoms. The largest absolute Gasteiger partial charge is 0.474 e. The zero-order valence-electron chi connectivity index (χ0n) is 16.1. The molecule has 0 N–H and O–H groups in total. The molecular formula is C20H24N4O4S. The molecule has 8 nitrogen and oxygen atoms in total. The van der Waals surface area contributed by atoms with E-state index >= 15 is 0 Å². The highest BCUT2D eigenvalue weighted by molar-refractivity contribution is 7.89. The van der Waals surface area contributed by atoms with Gasteiger partial charge in [-0.25, -0.2) is 18.4 Å². The van der Waals surface area contributed by atoms with Crippen molar-refractivity contribution < 1.29 is 17.9 Å². The Balaban J connectivity index is 1.35. The summed E-state index contributed by atoms with van der Waals surface area (Å²) in [5, 5.41) is 0. The number of aromatic nitrogens is 2. The predicted octanol–water partition coefficient (Wildman–Crippen LogP) is 1.94. The Hall–Kier alpha value is -2.52. The van der Waals surface area contributed by atoms with Crippen molar-refractivity contribution in [2.45, 2.75) is 36.7 Å². The zero-order chi connectivity index (χ0) is 20.3. The van der Waals surface area contributed by atoms with Gasteiger partial charge in [0, 0.05) is 56.8 Å². The van der Waals surface area contributed by atoms with Crippen molar-refractivity contribution in [3.05, 3.63) is 48.4 Å². The first-order valence-electron chi connectivity index (χ1n) is 9.86. The van der Waals surface area contributed by atoms with Crippen LogP contribution < -0.4 is 4.74 Å². The van der Waals surface area contributed by atoms with E-state index in [1.54, 1.807) is 29.3 Å². The lowest BCUT2D eigenvalue weighted by molar-refractivity contribution is 0.0587. The molecule has 1 amide bonds. The third kappa shape index (κ3) is 4.40. The molecule has 2 saturated heterocycles. The van der Waals surface area contributed by atoms with Crippen LogP contribution in [0.1, 0.15) is 36.0 Å². The maximum Gasteiger partial charge on any atom is 0.253 e. The van der Waals surface area contributed by atoms with Crippen molar-refractivity contribution in [2.75, 3.05) is 26.2 Å². The van der Waals surface area contributed by atoms with Gasteiger partial charge in [-0.3, -0.25) is 4.79 Å².